The van der Waals surface area contributed by atoms with Crippen LogP contribution in [0.15, 0.2) is 36.5 Å². The van der Waals surface area contributed by atoms with Gasteiger partial charge in [0.25, 0.3) is 5.91 Å². The SMILES string of the molecule is Nc1ccc2n1CCN(C(=O)c1cc3ccc(Cl)cn3n1)C2. The molecule has 0 bridgehead atoms. The average molecular weight is 316 g/mol. The van der Waals surface area contributed by atoms with E-state index >= 15 is 0 Å². The molecule has 4 heterocycles. The van der Waals surface area contributed by atoms with Gasteiger partial charge in [0.1, 0.15) is 5.82 Å². The number of nitrogens with zero attached hydrogens (tertiary/aromatic N) is 4. The molecule has 22 heavy (non-hydrogen) atoms. The molecule has 112 valence electrons. The molecule has 1 aliphatic rings. The van der Waals surface area contributed by atoms with Crippen LogP contribution in [-0.4, -0.2) is 31.5 Å². The highest BCUT2D eigenvalue weighted by Gasteiger charge is 2.24. The third kappa shape index (κ3) is 2.03. The van der Waals surface area contributed by atoms with Gasteiger partial charge in [-0.15, -0.1) is 0 Å². The number of rotatable bonds is 1. The Hall–Kier alpha value is -2.47. The maximum Gasteiger partial charge on any atom is 0.274 e. The van der Waals surface area contributed by atoms with Gasteiger partial charge in [-0.05, 0) is 30.3 Å². The summed E-state index contributed by atoms with van der Waals surface area (Å²) < 4.78 is 3.66. The lowest BCUT2D eigenvalue weighted by Gasteiger charge is -2.28. The summed E-state index contributed by atoms with van der Waals surface area (Å²) in [6.45, 7) is 1.88. The van der Waals surface area contributed by atoms with Crippen LogP contribution in [0, 0.1) is 0 Å². The molecule has 0 radical (unpaired) electrons. The van der Waals surface area contributed by atoms with Crippen molar-refractivity contribution >= 4 is 28.8 Å². The summed E-state index contributed by atoms with van der Waals surface area (Å²) in [5, 5.41) is 4.90. The minimum absolute atomic E-state index is 0.0779. The number of pyridine rings is 1. The van der Waals surface area contributed by atoms with E-state index in [1.807, 2.05) is 22.8 Å². The highest BCUT2D eigenvalue weighted by molar-refractivity contribution is 6.30. The third-order valence-corrected chi connectivity index (χ3v) is 4.20. The van der Waals surface area contributed by atoms with Crippen LogP contribution in [-0.2, 0) is 13.1 Å². The topological polar surface area (TPSA) is 68.6 Å². The molecule has 0 saturated carbocycles. The van der Waals surface area contributed by atoms with E-state index < -0.39 is 0 Å². The van der Waals surface area contributed by atoms with Crippen molar-refractivity contribution in [3.05, 3.63) is 52.9 Å². The third-order valence-electron chi connectivity index (χ3n) is 3.98. The van der Waals surface area contributed by atoms with Gasteiger partial charge >= 0.3 is 0 Å². The second-order valence-corrected chi connectivity index (χ2v) is 5.81. The first-order valence-electron chi connectivity index (χ1n) is 7.00. The molecule has 0 aliphatic carbocycles. The van der Waals surface area contributed by atoms with Crippen LogP contribution in [0.1, 0.15) is 16.2 Å². The van der Waals surface area contributed by atoms with Gasteiger partial charge in [-0.25, -0.2) is 4.52 Å². The van der Waals surface area contributed by atoms with Gasteiger partial charge in [0.05, 0.1) is 17.1 Å². The number of amides is 1. The smallest absolute Gasteiger partial charge is 0.274 e. The lowest BCUT2D eigenvalue weighted by molar-refractivity contribution is 0.0705. The highest BCUT2D eigenvalue weighted by Crippen LogP contribution is 2.20. The maximum absolute atomic E-state index is 12.6. The van der Waals surface area contributed by atoms with Crippen molar-refractivity contribution in [2.45, 2.75) is 13.1 Å². The number of carbonyl (C=O) groups excluding carboxylic acids is 1. The Morgan fingerprint density at radius 1 is 1.23 bits per heavy atom. The molecule has 0 fully saturated rings. The van der Waals surface area contributed by atoms with Crippen LogP contribution < -0.4 is 5.73 Å². The quantitative estimate of drug-likeness (QED) is 0.747. The molecule has 0 atom stereocenters. The van der Waals surface area contributed by atoms with E-state index in [1.54, 1.807) is 27.7 Å². The van der Waals surface area contributed by atoms with Crippen LogP contribution in [0.5, 0.6) is 0 Å². The first-order chi connectivity index (χ1) is 10.6. The zero-order valence-corrected chi connectivity index (χ0v) is 12.5. The monoisotopic (exact) mass is 315 g/mol. The van der Waals surface area contributed by atoms with Crippen LogP contribution in [0.4, 0.5) is 5.82 Å². The summed E-state index contributed by atoms with van der Waals surface area (Å²) in [7, 11) is 0. The van der Waals surface area contributed by atoms with Crippen LogP contribution in [0.25, 0.3) is 5.52 Å². The number of aromatic nitrogens is 3. The van der Waals surface area contributed by atoms with Crippen molar-refractivity contribution in [2.24, 2.45) is 0 Å². The molecule has 3 aromatic heterocycles. The number of hydrogen-bond acceptors (Lipinski definition) is 3. The molecular weight excluding hydrogens is 302 g/mol. The zero-order valence-electron chi connectivity index (χ0n) is 11.7. The fourth-order valence-electron chi connectivity index (χ4n) is 2.83. The van der Waals surface area contributed by atoms with E-state index in [0.29, 0.717) is 30.4 Å². The van der Waals surface area contributed by atoms with Crippen LogP contribution in [0.3, 0.4) is 0 Å². The first kappa shape index (κ1) is 13.2. The Kier molecular flexibility index (Phi) is 2.87. The summed E-state index contributed by atoms with van der Waals surface area (Å²) in [4.78, 5) is 14.4. The second kappa shape index (κ2) is 4.78. The van der Waals surface area contributed by atoms with Crippen LogP contribution in [0.2, 0.25) is 5.02 Å². The number of anilines is 1. The van der Waals surface area contributed by atoms with Crippen LogP contribution >= 0.6 is 11.6 Å². The number of hydrogen-bond donors (Lipinski definition) is 1. The van der Waals surface area contributed by atoms with Gasteiger partial charge in [0.15, 0.2) is 5.69 Å². The minimum atomic E-state index is -0.0779. The number of nitrogens with two attached hydrogens (primary N) is 1. The van der Waals surface area contributed by atoms with E-state index in [9.17, 15) is 4.79 Å². The molecule has 7 heteroatoms. The molecule has 2 N–H and O–H groups in total. The van der Waals surface area contributed by atoms with Gasteiger partial charge in [-0.3, -0.25) is 4.79 Å². The molecule has 1 aliphatic heterocycles. The van der Waals surface area contributed by atoms with Gasteiger partial charge < -0.3 is 15.2 Å². The fourth-order valence-corrected chi connectivity index (χ4v) is 2.99. The molecule has 0 unspecified atom stereocenters. The Labute approximate surface area is 131 Å². The minimum Gasteiger partial charge on any atom is -0.385 e. The van der Waals surface area contributed by atoms with E-state index in [1.165, 1.54) is 0 Å². The van der Waals surface area contributed by atoms with Crippen molar-refractivity contribution < 1.29 is 4.79 Å². The van der Waals surface area contributed by atoms with Crippen molar-refractivity contribution in [1.82, 2.24) is 19.1 Å². The van der Waals surface area contributed by atoms with Gasteiger partial charge in [0, 0.05) is 25.0 Å². The molecule has 3 aromatic rings. The Balaban J connectivity index is 1.63. The first-order valence-corrected chi connectivity index (χ1v) is 7.38. The Morgan fingerprint density at radius 3 is 2.95 bits per heavy atom. The summed E-state index contributed by atoms with van der Waals surface area (Å²) >= 11 is 5.94. The van der Waals surface area contributed by atoms with E-state index in [4.69, 9.17) is 17.3 Å². The fraction of sp³-hybridized carbons (Fsp3) is 0.200. The molecule has 0 spiro atoms. The average Bonchev–Trinajstić information content (AvgIpc) is 3.09. The second-order valence-electron chi connectivity index (χ2n) is 5.37. The van der Waals surface area contributed by atoms with E-state index in [-0.39, 0.29) is 5.91 Å². The van der Waals surface area contributed by atoms with Gasteiger partial charge in [-0.1, -0.05) is 11.6 Å². The molecule has 0 saturated heterocycles. The highest BCUT2D eigenvalue weighted by atomic mass is 35.5. The molecule has 0 aromatic carbocycles. The Bertz CT molecular complexity index is 881. The van der Waals surface area contributed by atoms with Crippen molar-refractivity contribution in [1.29, 1.82) is 0 Å². The maximum atomic E-state index is 12.6. The standard InChI is InChI=1S/C15H14ClN5O/c16-10-1-2-11-7-13(18-21(11)8-10)15(22)19-5-6-20-12(9-19)3-4-14(20)17/h1-4,7-8H,5-6,9,17H2. The summed E-state index contributed by atoms with van der Waals surface area (Å²) in [6.07, 6.45) is 1.69. The Morgan fingerprint density at radius 2 is 2.09 bits per heavy atom. The van der Waals surface area contributed by atoms with Crippen molar-refractivity contribution in [3.63, 3.8) is 0 Å². The molecular formula is C15H14ClN5O. The molecule has 1 amide bonds. The lowest BCUT2D eigenvalue weighted by Crippen LogP contribution is -2.38. The number of fused-ring (bicyclic) bond motifs is 2. The molecule has 6 nitrogen and oxygen atoms in total. The summed E-state index contributed by atoms with van der Waals surface area (Å²) in [5.41, 5.74) is 8.21. The van der Waals surface area contributed by atoms with E-state index in [2.05, 4.69) is 5.10 Å². The van der Waals surface area contributed by atoms with Gasteiger partial charge in [-0.2, -0.15) is 5.10 Å². The predicted octanol–water partition coefficient (Wildman–Crippen LogP) is 2.03. The zero-order chi connectivity index (χ0) is 15.3. The summed E-state index contributed by atoms with van der Waals surface area (Å²) in [5.74, 6) is 0.662. The lowest BCUT2D eigenvalue weighted by atomic mass is 10.2. The number of halogens is 1. The van der Waals surface area contributed by atoms with Crippen molar-refractivity contribution in [3.8, 4) is 0 Å². The normalized spacial score (nSPS) is 14.3. The number of carbonyl (C=O) groups is 1. The summed E-state index contributed by atoms with van der Waals surface area (Å²) in [6, 6.07) is 9.23. The van der Waals surface area contributed by atoms with E-state index in [0.717, 1.165) is 17.0 Å². The van der Waals surface area contributed by atoms with Gasteiger partial charge in [0.2, 0.25) is 0 Å². The van der Waals surface area contributed by atoms with Crippen molar-refractivity contribution in [2.75, 3.05) is 12.3 Å². The molecule has 4 rings (SSSR count). The number of nitrogen functional groups attached to an aromatic ring is 1. The largest absolute Gasteiger partial charge is 0.385 e. The predicted molar refractivity (Wildman–Crippen MR) is 83.8 cm³/mol.